The summed E-state index contributed by atoms with van der Waals surface area (Å²) in [6.45, 7) is 1.92. The molecule has 0 bridgehead atoms. The first-order valence-corrected chi connectivity index (χ1v) is 6.35. The number of hydrogen-bond donors (Lipinski definition) is 1. The van der Waals surface area contributed by atoms with Crippen molar-refractivity contribution in [3.63, 3.8) is 0 Å². The number of halogens is 1. The van der Waals surface area contributed by atoms with E-state index in [1.807, 2.05) is 12.3 Å². The van der Waals surface area contributed by atoms with E-state index in [4.69, 9.17) is 11.6 Å². The van der Waals surface area contributed by atoms with Crippen LogP contribution in [0.2, 0.25) is 5.02 Å². The zero-order chi connectivity index (χ0) is 12.3. The summed E-state index contributed by atoms with van der Waals surface area (Å²) >= 11 is 7.31. The van der Waals surface area contributed by atoms with E-state index in [0.717, 1.165) is 16.4 Å². The molecule has 5 heteroatoms. The third-order valence-corrected chi connectivity index (χ3v) is 3.21. The van der Waals surface area contributed by atoms with Crippen LogP contribution < -0.4 is 5.32 Å². The highest BCUT2D eigenvalue weighted by Crippen LogP contribution is 2.14. The molecule has 3 nitrogen and oxygen atoms in total. The van der Waals surface area contributed by atoms with Gasteiger partial charge in [-0.15, -0.1) is 11.3 Å². The van der Waals surface area contributed by atoms with Gasteiger partial charge in [-0.2, -0.15) is 0 Å². The summed E-state index contributed by atoms with van der Waals surface area (Å²) in [5, 5.41) is 6.32. The van der Waals surface area contributed by atoms with Crippen LogP contribution in [0.4, 0.5) is 5.69 Å². The number of carbonyl (C=O) groups is 1. The Labute approximate surface area is 108 Å². The normalized spacial score (nSPS) is 10.2. The summed E-state index contributed by atoms with van der Waals surface area (Å²) < 4.78 is 0. The Balaban J connectivity index is 1.95. The molecular formula is C12H11ClN2OS. The molecule has 0 spiro atoms. The van der Waals surface area contributed by atoms with E-state index in [9.17, 15) is 4.79 Å². The number of benzene rings is 1. The topological polar surface area (TPSA) is 42.0 Å². The molecule has 1 N–H and O–H groups in total. The molecule has 0 aliphatic carbocycles. The summed E-state index contributed by atoms with van der Waals surface area (Å²) in [6, 6.07) is 7.02. The van der Waals surface area contributed by atoms with E-state index in [2.05, 4.69) is 10.3 Å². The first kappa shape index (κ1) is 12.1. The van der Waals surface area contributed by atoms with Crippen LogP contribution in [0.5, 0.6) is 0 Å². The van der Waals surface area contributed by atoms with E-state index >= 15 is 0 Å². The lowest BCUT2D eigenvalue weighted by Gasteiger charge is -2.03. The maximum Gasteiger partial charge on any atom is 0.230 e. The van der Waals surface area contributed by atoms with Crippen molar-refractivity contribution < 1.29 is 4.79 Å². The SMILES string of the molecule is Cc1nc(CC(=O)Nc2ccc(Cl)cc2)cs1. The van der Waals surface area contributed by atoms with Gasteiger partial charge in [-0.1, -0.05) is 11.6 Å². The molecule has 1 aromatic heterocycles. The van der Waals surface area contributed by atoms with E-state index in [-0.39, 0.29) is 5.91 Å². The average molecular weight is 267 g/mol. The molecule has 2 aromatic rings. The second kappa shape index (κ2) is 5.29. The molecule has 88 valence electrons. The Morgan fingerprint density at radius 3 is 2.71 bits per heavy atom. The number of amides is 1. The zero-order valence-corrected chi connectivity index (χ0v) is 10.8. The maximum absolute atomic E-state index is 11.7. The summed E-state index contributed by atoms with van der Waals surface area (Å²) in [5.74, 6) is -0.0716. The van der Waals surface area contributed by atoms with Gasteiger partial charge in [0.1, 0.15) is 0 Å². The van der Waals surface area contributed by atoms with Crippen LogP contribution in [-0.2, 0) is 11.2 Å². The molecule has 2 rings (SSSR count). The van der Waals surface area contributed by atoms with E-state index < -0.39 is 0 Å². The van der Waals surface area contributed by atoms with Crippen LogP contribution in [0.3, 0.4) is 0 Å². The van der Waals surface area contributed by atoms with Crippen molar-refractivity contribution in [3.05, 3.63) is 45.4 Å². The number of aromatic nitrogens is 1. The molecule has 0 saturated carbocycles. The highest BCUT2D eigenvalue weighted by molar-refractivity contribution is 7.09. The number of hydrogen-bond acceptors (Lipinski definition) is 3. The van der Waals surface area contributed by atoms with Crippen LogP contribution in [-0.4, -0.2) is 10.9 Å². The van der Waals surface area contributed by atoms with E-state index in [0.29, 0.717) is 11.4 Å². The summed E-state index contributed by atoms with van der Waals surface area (Å²) in [7, 11) is 0. The molecule has 0 radical (unpaired) electrons. The lowest BCUT2D eigenvalue weighted by molar-refractivity contribution is -0.115. The quantitative estimate of drug-likeness (QED) is 0.926. The first-order valence-electron chi connectivity index (χ1n) is 5.10. The Kier molecular flexibility index (Phi) is 3.76. The van der Waals surface area contributed by atoms with E-state index in [1.54, 1.807) is 35.6 Å². The fraction of sp³-hybridized carbons (Fsp3) is 0.167. The van der Waals surface area contributed by atoms with Gasteiger partial charge in [0.25, 0.3) is 0 Å². The molecule has 17 heavy (non-hydrogen) atoms. The summed E-state index contributed by atoms with van der Waals surface area (Å²) in [4.78, 5) is 15.9. The second-order valence-corrected chi connectivity index (χ2v) is 5.09. The zero-order valence-electron chi connectivity index (χ0n) is 9.24. The minimum Gasteiger partial charge on any atom is -0.326 e. The molecule has 0 fully saturated rings. The fourth-order valence-corrected chi connectivity index (χ4v) is 2.13. The summed E-state index contributed by atoms with van der Waals surface area (Å²) in [5.41, 5.74) is 1.55. The number of rotatable bonds is 3. The Hall–Kier alpha value is -1.39. The van der Waals surface area contributed by atoms with Crippen LogP contribution >= 0.6 is 22.9 Å². The van der Waals surface area contributed by atoms with Gasteiger partial charge in [0.05, 0.1) is 17.1 Å². The Morgan fingerprint density at radius 1 is 1.41 bits per heavy atom. The van der Waals surface area contributed by atoms with Crippen molar-refractivity contribution in [3.8, 4) is 0 Å². The third kappa shape index (κ3) is 3.54. The van der Waals surface area contributed by atoms with Crippen LogP contribution in [0.1, 0.15) is 10.7 Å². The number of thiazole rings is 1. The van der Waals surface area contributed by atoms with Crippen molar-refractivity contribution in [2.75, 3.05) is 5.32 Å². The predicted molar refractivity (Wildman–Crippen MR) is 70.6 cm³/mol. The van der Waals surface area contributed by atoms with Gasteiger partial charge < -0.3 is 5.32 Å². The third-order valence-electron chi connectivity index (χ3n) is 2.14. The molecule has 1 heterocycles. The predicted octanol–water partition coefficient (Wildman–Crippen LogP) is 3.29. The van der Waals surface area contributed by atoms with E-state index in [1.165, 1.54) is 0 Å². The average Bonchev–Trinajstić information content (AvgIpc) is 2.67. The number of aryl methyl sites for hydroxylation is 1. The van der Waals surface area contributed by atoms with Gasteiger partial charge in [-0.05, 0) is 31.2 Å². The number of nitrogens with zero attached hydrogens (tertiary/aromatic N) is 1. The standard InChI is InChI=1S/C12H11ClN2OS/c1-8-14-11(7-17-8)6-12(16)15-10-4-2-9(13)3-5-10/h2-5,7H,6H2,1H3,(H,15,16). The van der Waals surface area contributed by atoms with Gasteiger partial charge in [-0.25, -0.2) is 4.98 Å². The minimum absolute atomic E-state index is 0.0716. The van der Waals surface area contributed by atoms with Crippen LogP contribution in [0.15, 0.2) is 29.6 Å². The first-order chi connectivity index (χ1) is 8.13. The highest BCUT2D eigenvalue weighted by atomic mass is 35.5. The van der Waals surface area contributed by atoms with Gasteiger partial charge >= 0.3 is 0 Å². The van der Waals surface area contributed by atoms with Gasteiger partial charge in [0.15, 0.2) is 0 Å². The van der Waals surface area contributed by atoms with Crippen LogP contribution in [0, 0.1) is 6.92 Å². The lowest BCUT2D eigenvalue weighted by Crippen LogP contribution is -2.14. The molecule has 0 unspecified atom stereocenters. The largest absolute Gasteiger partial charge is 0.326 e. The van der Waals surface area contributed by atoms with Crippen molar-refractivity contribution in [1.82, 2.24) is 4.98 Å². The molecule has 1 amide bonds. The second-order valence-electron chi connectivity index (χ2n) is 3.59. The maximum atomic E-state index is 11.7. The Bertz CT molecular complexity index is 522. The monoisotopic (exact) mass is 266 g/mol. The molecule has 0 aliphatic rings. The molecule has 1 aromatic carbocycles. The van der Waals surface area contributed by atoms with Gasteiger partial charge in [0.2, 0.25) is 5.91 Å². The van der Waals surface area contributed by atoms with Gasteiger partial charge in [0, 0.05) is 16.1 Å². The number of nitrogens with one attached hydrogen (secondary N) is 1. The molecular weight excluding hydrogens is 256 g/mol. The van der Waals surface area contributed by atoms with Gasteiger partial charge in [-0.3, -0.25) is 4.79 Å². The van der Waals surface area contributed by atoms with Crippen LogP contribution in [0.25, 0.3) is 0 Å². The Morgan fingerprint density at radius 2 is 2.12 bits per heavy atom. The molecule has 0 saturated heterocycles. The highest BCUT2D eigenvalue weighted by Gasteiger charge is 2.06. The van der Waals surface area contributed by atoms with Crippen molar-refractivity contribution in [2.24, 2.45) is 0 Å². The fourth-order valence-electron chi connectivity index (χ4n) is 1.39. The number of anilines is 1. The molecule has 0 aliphatic heterocycles. The minimum atomic E-state index is -0.0716. The lowest BCUT2D eigenvalue weighted by atomic mass is 10.3. The van der Waals surface area contributed by atoms with Crippen molar-refractivity contribution in [1.29, 1.82) is 0 Å². The van der Waals surface area contributed by atoms with Crippen molar-refractivity contribution >= 4 is 34.5 Å². The smallest absolute Gasteiger partial charge is 0.230 e. The number of carbonyl (C=O) groups excluding carboxylic acids is 1. The van der Waals surface area contributed by atoms with Crippen molar-refractivity contribution in [2.45, 2.75) is 13.3 Å². The summed E-state index contributed by atoms with van der Waals surface area (Å²) in [6.07, 6.45) is 0.299. The molecule has 0 atom stereocenters.